The van der Waals surface area contributed by atoms with E-state index in [0.717, 1.165) is 0 Å². The number of piperazine rings is 1. The predicted octanol–water partition coefficient (Wildman–Crippen LogP) is 3.19. The Labute approximate surface area is 160 Å². The molecule has 8 heteroatoms. The van der Waals surface area contributed by atoms with Crippen molar-refractivity contribution in [3.63, 3.8) is 0 Å². The quantitative estimate of drug-likeness (QED) is 0.691. The van der Waals surface area contributed by atoms with Gasteiger partial charge in [-0.15, -0.1) is 0 Å². The summed E-state index contributed by atoms with van der Waals surface area (Å²) in [7, 11) is 0. The normalized spacial score (nSPS) is 14.4. The number of carbonyl (C=O) groups excluding carboxylic acids is 2. The molecule has 0 aliphatic carbocycles. The Morgan fingerprint density at radius 2 is 1.63 bits per heavy atom. The second kappa shape index (κ2) is 7.28. The molecule has 0 spiro atoms. The molecule has 0 radical (unpaired) electrons. The number of furan rings is 1. The van der Waals surface area contributed by atoms with Gasteiger partial charge >= 0.3 is 0 Å². The molecule has 2 aromatic heterocycles. The van der Waals surface area contributed by atoms with E-state index in [0.29, 0.717) is 48.3 Å². The van der Waals surface area contributed by atoms with Gasteiger partial charge in [0.2, 0.25) is 5.76 Å². The van der Waals surface area contributed by atoms with Crippen LogP contribution in [0.5, 0.6) is 0 Å². The smallest absolute Gasteiger partial charge is 0.276 e. The lowest BCUT2D eigenvalue weighted by atomic mass is 10.1. The Hall–Kier alpha value is -3.06. The number of benzene rings is 1. The lowest BCUT2D eigenvalue weighted by Crippen LogP contribution is -2.50. The molecule has 1 saturated heterocycles. The van der Waals surface area contributed by atoms with Crippen molar-refractivity contribution in [1.82, 2.24) is 15.0 Å². The summed E-state index contributed by atoms with van der Waals surface area (Å²) in [5.41, 5.74) is 0.686. The van der Waals surface area contributed by atoms with Crippen molar-refractivity contribution in [3.05, 3.63) is 65.0 Å². The van der Waals surface area contributed by atoms with E-state index in [9.17, 15) is 9.59 Å². The van der Waals surface area contributed by atoms with Crippen molar-refractivity contribution in [2.24, 2.45) is 0 Å². The fourth-order valence-corrected chi connectivity index (χ4v) is 3.21. The molecule has 1 aromatic carbocycles. The Morgan fingerprint density at radius 1 is 0.926 bits per heavy atom. The van der Waals surface area contributed by atoms with Gasteiger partial charge < -0.3 is 18.7 Å². The number of carbonyl (C=O) groups is 2. The van der Waals surface area contributed by atoms with E-state index in [-0.39, 0.29) is 17.5 Å². The molecule has 1 fully saturated rings. The fourth-order valence-electron chi connectivity index (χ4n) is 2.99. The third kappa shape index (κ3) is 3.46. The molecule has 3 aromatic rings. The monoisotopic (exact) mass is 385 g/mol. The summed E-state index contributed by atoms with van der Waals surface area (Å²) in [5, 5.41) is 4.26. The Balaban J connectivity index is 1.40. The number of rotatable bonds is 3. The first-order valence-electron chi connectivity index (χ1n) is 8.47. The molecule has 7 nitrogen and oxygen atoms in total. The average Bonchev–Trinajstić information content (AvgIpc) is 3.39. The largest absolute Gasteiger partial charge is 0.461 e. The van der Waals surface area contributed by atoms with Crippen molar-refractivity contribution in [2.45, 2.75) is 0 Å². The molecule has 3 heterocycles. The van der Waals surface area contributed by atoms with E-state index in [1.165, 1.54) is 6.26 Å². The third-order valence-electron chi connectivity index (χ3n) is 4.45. The van der Waals surface area contributed by atoms with Gasteiger partial charge in [0.1, 0.15) is 0 Å². The van der Waals surface area contributed by atoms with Crippen LogP contribution in [0.15, 0.2) is 57.7 Å². The van der Waals surface area contributed by atoms with Crippen LogP contribution in [0, 0.1) is 0 Å². The molecule has 0 unspecified atom stereocenters. The SMILES string of the molecule is O=C(c1cc(-c2ccco2)on1)N1CCN(C(=O)c2ccccc2Cl)CC1. The zero-order valence-corrected chi connectivity index (χ0v) is 15.1. The van der Waals surface area contributed by atoms with Crippen molar-refractivity contribution < 1.29 is 18.5 Å². The average molecular weight is 386 g/mol. The summed E-state index contributed by atoms with van der Waals surface area (Å²) < 4.78 is 10.4. The Morgan fingerprint density at radius 3 is 2.30 bits per heavy atom. The molecule has 0 atom stereocenters. The molecule has 1 aliphatic heterocycles. The maximum absolute atomic E-state index is 12.6. The first-order chi connectivity index (χ1) is 13.1. The molecule has 1 aliphatic rings. The Kier molecular flexibility index (Phi) is 4.68. The number of hydrogen-bond acceptors (Lipinski definition) is 5. The van der Waals surface area contributed by atoms with Gasteiger partial charge in [-0.05, 0) is 24.3 Å². The lowest BCUT2D eigenvalue weighted by Gasteiger charge is -2.34. The van der Waals surface area contributed by atoms with Crippen LogP contribution in [-0.2, 0) is 0 Å². The number of halogens is 1. The van der Waals surface area contributed by atoms with Crippen molar-refractivity contribution in [2.75, 3.05) is 26.2 Å². The highest BCUT2D eigenvalue weighted by molar-refractivity contribution is 6.33. The first kappa shape index (κ1) is 17.4. The van der Waals surface area contributed by atoms with E-state index in [1.807, 2.05) is 0 Å². The van der Waals surface area contributed by atoms with Crippen LogP contribution in [0.25, 0.3) is 11.5 Å². The standard InChI is InChI=1S/C19H16ClN3O4/c20-14-5-2-1-4-13(14)18(24)22-7-9-23(10-8-22)19(25)15-12-17(27-21-15)16-6-3-11-26-16/h1-6,11-12H,7-10H2. The van der Waals surface area contributed by atoms with Gasteiger partial charge in [-0.25, -0.2) is 0 Å². The number of amides is 2. The minimum Gasteiger partial charge on any atom is -0.461 e. The van der Waals surface area contributed by atoms with Gasteiger partial charge in [0.25, 0.3) is 11.8 Å². The van der Waals surface area contributed by atoms with E-state index in [4.69, 9.17) is 20.5 Å². The molecular formula is C19H16ClN3O4. The van der Waals surface area contributed by atoms with E-state index < -0.39 is 0 Å². The van der Waals surface area contributed by atoms with Crippen LogP contribution in [-0.4, -0.2) is 52.9 Å². The van der Waals surface area contributed by atoms with E-state index >= 15 is 0 Å². The first-order valence-corrected chi connectivity index (χ1v) is 8.85. The summed E-state index contributed by atoms with van der Waals surface area (Å²) in [4.78, 5) is 28.6. The van der Waals surface area contributed by atoms with E-state index in [1.54, 1.807) is 52.3 Å². The summed E-state index contributed by atoms with van der Waals surface area (Å²) in [6, 6.07) is 12.0. The van der Waals surface area contributed by atoms with Crippen LogP contribution in [0.3, 0.4) is 0 Å². The van der Waals surface area contributed by atoms with Crippen LogP contribution >= 0.6 is 11.6 Å². The maximum atomic E-state index is 12.6. The second-order valence-electron chi connectivity index (χ2n) is 6.12. The molecule has 2 amide bonds. The second-order valence-corrected chi connectivity index (χ2v) is 6.53. The fraction of sp³-hybridized carbons (Fsp3) is 0.211. The predicted molar refractivity (Wildman–Crippen MR) is 97.5 cm³/mol. The van der Waals surface area contributed by atoms with Gasteiger partial charge in [-0.3, -0.25) is 9.59 Å². The van der Waals surface area contributed by atoms with Gasteiger partial charge in [0.05, 0.1) is 16.8 Å². The zero-order valence-electron chi connectivity index (χ0n) is 14.3. The maximum Gasteiger partial charge on any atom is 0.276 e. The molecular weight excluding hydrogens is 370 g/mol. The van der Waals surface area contributed by atoms with Crippen molar-refractivity contribution in [3.8, 4) is 11.5 Å². The number of hydrogen-bond donors (Lipinski definition) is 0. The zero-order chi connectivity index (χ0) is 18.8. The number of aromatic nitrogens is 1. The summed E-state index contributed by atoms with van der Waals surface area (Å²) >= 11 is 6.10. The lowest BCUT2D eigenvalue weighted by molar-refractivity contribution is 0.0530. The molecule has 27 heavy (non-hydrogen) atoms. The van der Waals surface area contributed by atoms with Gasteiger partial charge in [0, 0.05) is 32.2 Å². The Bertz CT molecular complexity index is 959. The summed E-state index contributed by atoms with van der Waals surface area (Å²) in [6.45, 7) is 1.69. The van der Waals surface area contributed by atoms with Crippen LogP contribution in [0.4, 0.5) is 0 Å². The highest BCUT2D eigenvalue weighted by atomic mass is 35.5. The van der Waals surface area contributed by atoms with Gasteiger partial charge in [0.15, 0.2) is 11.5 Å². The molecule has 0 N–H and O–H groups in total. The molecule has 138 valence electrons. The highest BCUT2D eigenvalue weighted by Crippen LogP contribution is 2.22. The minimum atomic E-state index is -0.235. The minimum absolute atomic E-state index is 0.130. The van der Waals surface area contributed by atoms with Crippen LogP contribution in [0.2, 0.25) is 5.02 Å². The van der Waals surface area contributed by atoms with Gasteiger partial charge in [-0.2, -0.15) is 0 Å². The molecule has 0 bridgehead atoms. The summed E-state index contributed by atoms with van der Waals surface area (Å²) in [5.74, 6) is 0.545. The molecule has 4 rings (SSSR count). The van der Waals surface area contributed by atoms with Crippen LogP contribution in [0.1, 0.15) is 20.8 Å². The van der Waals surface area contributed by atoms with Crippen molar-refractivity contribution >= 4 is 23.4 Å². The third-order valence-corrected chi connectivity index (χ3v) is 4.78. The number of nitrogens with zero attached hydrogens (tertiary/aromatic N) is 3. The molecule has 0 saturated carbocycles. The summed E-state index contributed by atoms with van der Waals surface area (Å²) in [6.07, 6.45) is 1.52. The van der Waals surface area contributed by atoms with Crippen LogP contribution < -0.4 is 0 Å². The topological polar surface area (TPSA) is 79.8 Å². The highest BCUT2D eigenvalue weighted by Gasteiger charge is 2.28. The van der Waals surface area contributed by atoms with Gasteiger partial charge in [-0.1, -0.05) is 28.9 Å². The van der Waals surface area contributed by atoms with E-state index in [2.05, 4.69) is 5.16 Å². The van der Waals surface area contributed by atoms with Crippen molar-refractivity contribution in [1.29, 1.82) is 0 Å².